The summed E-state index contributed by atoms with van der Waals surface area (Å²) in [5, 5.41) is 6.86. The molecule has 1 N–H and O–H groups in total. The molecular weight excluding hydrogens is 316 g/mol. The third kappa shape index (κ3) is 3.67. The second-order valence-electron chi connectivity index (χ2n) is 5.06. The van der Waals surface area contributed by atoms with E-state index in [1.54, 1.807) is 32.3 Å². The van der Waals surface area contributed by atoms with Gasteiger partial charge < -0.3 is 5.32 Å². The maximum Gasteiger partial charge on any atom is 0.256 e. The molecule has 0 unspecified atom stereocenters. The van der Waals surface area contributed by atoms with Crippen LogP contribution < -0.4 is 5.32 Å². The first kappa shape index (κ1) is 15.6. The summed E-state index contributed by atoms with van der Waals surface area (Å²) >= 11 is 5.85. The number of nitrogens with one attached hydrogen (secondary N) is 1. The van der Waals surface area contributed by atoms with Gasteiger partial charge in [0.1, 0.15) is 0 Å². The highest BCUT2D eigenvalue weighted by atomic mass is 35.5. The Hall–Kier alpha value is -1.74. The number of hydrogen-bond donors (Lipinski definition) is 1. The smallest absolute Gasteiger partial charge is 0.256 e. The van der Waals surface area contributed by atoms with E-state index in [1.807, 2.05) is 0 Å². The highest BCUT2D eigenvalue weighted by molar-refractivity contribution is 7.92. The highest BCUT2D eigenvalue weighted by Crippen LogP contribution is 2.16. The zero-order valence-corrected chi connectivity index (χ0v) is 13.4. The van der Waals surface area contributed by atoms with Gasteiger partial charge in [-0.3, -0.25) is 0 Å². The number of sulfone groups is 1. The van der Waals surface area contributed by atoms with E-state index in [-0.39, 0.29) is 23.7 Å². The summed E-state index contributed by atoms with van der Waals surface area (Å²) in [6.45, 7) is 3.38. The lowest BCUT2D eigenvalue weighted by Crippen LogP contribution is -2.38. The summed E-state index contributed by atoms with van der Waals surface area (Å²) in [5.74, 6) is 0.442. The van der Waals surface area contributed by atoms with Gasteiger partial charge in [-0.1, -0.05) is 0 Å². The standard InChI is InChI=1S/C11H15ClN6O2S/c1-11(2,21(3,19)20)7-13-9-15-8(12)16-10(17-9)18-6-4-5-14-18/h4-6H,7H2,1-3H3,(H,13,15,16,17). The Morgan fingerprint density at radius 2 is 2.05 bits per heavy atom. The minimum atomic E-state index is -3.22. The van der Waals surface area contributed by atoms with Gasteiger partial charge in [0.15, 0.2) is 9.84 Å². The number of anilines is 1. The predicted octanol–water partition coefficient (Wildman–Crippen LogP) is 0.946. The van der Waals surface area contributed by atoms with Crippen molar-refractivity contribution in [3.8, 4) is 5.95 Å². The van der Waals surface area contributed by atoms with Crippen LogP contribution in [0.25, 0.3) is 5.95 Å². The van der Waals surface area contributed by atoms with Crippen molar-refractivity contribution >= 4 is 27.4 Å². The van der Waals surface area contributed by atoms with Gasteiger partial charge in [-0.25, -0.2) is 13.1 Å². The van der Waals surface area contributed by atoms with E-state index in [0.29, 0.717) is 0 Å². The van der Waals surface area contributed by atoms with Crippen molar-refractivity contribution in [3.63, 3.8) is 0 Å². The van der Waals surface area contributed by atoms with Crippen LogP contribution in [0.4, 0.5) is 5.95 Å². The lowest BCUT2D eigenvalue weighted by Gasteiger charge is -2.22. The third-order valence-electron chi connectivity index (χ3n) is 2.98. The summed E-state index contributed by atoms with van der Waals surface area (Å²) in [7, 11) is -3.22. The van der Waals surface area contributed by atoms with E-state index >= 15 is 0 Å². The molecular formula is C11H15ClN6O2S. The second-order valence-corrected chi connectivity index (χ2v) is 8.05. The normalized spacial score (nSPS) is 12.4. The van der Waals surface area contributed by atoms with Crippen LogP contribution in [0.15, 0.2) is 18.5 Å². The van der Waals surface area contributed by atoms with Crippen molar-refractivity contribution in [2.24, 2.45) is 0 Å². The molecule has 0 aliphatic carbocycles. The molecule has 0 radical (unpaired) electrons. The molecule has 0 saturated carbocycles. The van der Waals surface area contributed by atoms with Crippen LogP contribution in [0.2, 0.25) is 5.28 Å². The first-order chi connectivity index (χ1) is 9.69. The summed E-state index contributed by atoms with van der Waals surface area (Å²) in [6, 6.07) is 1.72. The van der Waals surface area contributed by atoms with E-state index in [0.717, 1.165) is 0 Å². The van der Waals surface area contributed by atoms with Crippen LogP contribution in [0.3, 0.4) is 0 Å². The Bertz CT molecular complexity index is 729. The van der Waals surface area contributed by atoms with Gasteiger partial charge in [0.2, 0.25) is 11.2 Å². The topological polar surface area (TPSA) is 103 Å². The van der Waals surface area contributed by atoms with Gasteiger partial charge in [-0.05, 0) is 31.5 Å². The molecule has 0 fully saturated rings. The lowest BCUT2D eigenvalue weighted by molar-refractivity contribution is 0.559. The van der Waals surface area contributed by atoms with Crippen LogP contribution in [0.1, 0.15) is 13.8 Å². The van der Waals surface area contributed by atoms with Crippen LogP contribution in [0, 0.1) is 0 Å². The lowest BCUT2D eigenvalue weighted by atomic mass is 10.2. The highest BCUT2D eigenvalue weighted by Gasteiger charge is 2.30. The molecule has 0 aliphatic heterocycles. The molecule has 2 heterocycles. The Morgan fingerprint density at radius 1 is 1.33 bits per heavy atom. The fourth-order valence-electron chi connectivity index (χ4n) is 1.33. The second kappa shape index (κ2) is 5.57. The van der Waals surface area contributed by atoms with E-state index in [1.165, 1.54) is 10.9 Å². The molecule has 2 aromatic rings. The molecule has 8 nitrogen and oxygen atoms in total. The molecule has 21 heavy (non-hydrogen) atoms. The van der Waals surface area contributed by atoms with Crippen LogP contribution in [-0.2, 0) is 9.84 Å². The number of nitrogens with zero attached hydrogens (tertiary/aromatic N) is 5. The first-order valence-electron chi connectivity index (χ1n) is 6.04. The van der Waals surface area contributed by atoms with Gasteiger partial charge in [0.05, 0.1) is 4.75 Å². The number of rotatable bonds is 5. The predicted molar refractivity (Wildman–Crippen MR) is 79.4 cm³/mol. The zero-order chi connectivity index (χ0) is 15.7. The molecule has 114 valence electrons. The minimum Gasteiger partial charge on any atom is -0.352 e. The molecule has 10 heteroatoms. The van der Waals surface area contributed by atoms with Crippen molar-refractivity contribution in [2.75, 3.05) is 18.1 Å². The van der Waals surface area contributed by atoms with E-state index < -0.39 is 14.6 Å². The molecule has 0 aromatic carbocycles. The Morgan fingerprint density at radius 3 is 2.62 bits per heavy atom. The monoisotopic (exact) mass is 330 g/mol. The average Bonchev–Trinajstić information content (AvgIpc) is 2.88. The molecule has 0 aliphatic rings. The molecule has 0 amide bonds. The number of halogens is 1. The largest absolute Gasteiger partial charge is 0.352 e. The minimum absolute atomic E-state index is 0.00448. The Kier molecular flexibility index (Phi) is 4.15. The SMILES string of the molecule is CC(C)(CNc1nc(Cl)nc(-n2cccn2)n1)S(C)(=O)=O. The fourth-order valence-corrected chi connectivity index (χ4v) is 1.82. The van der Waals surface area contributed by atoms with Crippen molar-refractivity contribution in [1.82, 2.24) is 24.7 Å². The average molecular weight is 331 g/mol. The number of aromatic nitrogens is 5. The quantitative estimate of drug-likeness (QED) is 0.870. The molecule has 0 saturated heterocycles. The van der Waals surface area contributed by atoms with Crippen LogP contribution in [0.5, 0.6) is 0 Å². The van der Waals surface area contributed by atoms with Crippen molar-refractivity contribution < 1.29 is 8.42 Å². The Labute approximate surface area is 127 Å². The van der Waals surface area contributed by atoms with E-state index in [2.05, 4.69) is 25.4 Å². The molecule has 0 atom stereocenters. The third-order valence-corrected chi connectivity index (χ3v) is 5.30. The summed E-state index contributed by atoms with van der Waals surface area (Å²) in [6.07, 6.45) is 4.43. The van der Waals surface area contributed by atoms with E-state index in [4.69, 9.17) is 11.6 Å². The molecule has 2 aromatic heterocycles. The molecule has 2 rings (SSSR count). The van der Waals surface area contributed by atoms with Crippen molar-refractivity contribution in [2.45, 2.75) is 18.6 Å². The van der Waals surface area contributed by atoms with E-state index in [9.17, 15) is 8.42 Å². The van der Waals surface area contributed by atoms with Gasteiger partial charge >= 0.3 is 0 Å². The van der Waals surface area contributed by atoms with Gasteiger partial charge in [0, 0.05) is 25.2 Å². The van der Waals surface area contributed by atoms with Gasteiger partial charge in [-0.15, -0.1) is 0 Å². The maximum absolute atomic E-state index is 11.7. The first-order valence-corrected chi connectivity index (χ1v) is 8.31. The summed E-state index contributed by atoms with van der Waals surface area (Å²) in [5.41, 5.74) is 0. The maximum atomic E-state index is 11.7. The summed E-state index contributed by atoms with van der Waals surface area (Å²) < 4.78 is 23.8. The van der Waals surface area contributed by atoms with Gasteiger partial charge in [0.25, 0.3) is 5.95 Å². The zero-order valence-electron chi connectivity index (χ0n) is 11.8. The van der Waals surface area contributed by atoms with Crippen molar-refractivity contribution in [1.29, 1.82) is 0 Å². The molecule has 0 bridgehead atoms. The summed E-state index contributed by atoms with van der Waals surface area (Å²) in [4.78, 5) is 12.0. The van der Waals surface area contributed by atoms with Crippen LogP contribution >= 0.6 is 11.6 Å². The van der Waals surface area contributed by atoms with Crippen molar-refractivity contribution in [3.05, 3.63) is 23.7 Å². The fraction of sp³-hybridized carbons (Fsp3) is 0.455. The van der Waals surface area contributed by atoms with Gasteiger partial charge in [-0.2, -0.15) is 20.1 Å². The molecule has 0 spiro atoms. The Balaban J connectivity index is 2.22. The number of hydrogen-bond acceptors (Lipinski definition) is 7. The van der Waals surface area contributed by atoms with Crippen LogP contribution in [-0.4, -0.2) is 50.7 Å².